The summed E-state index contributed by atoms with van der Waals surface area (Å²) in [6.07, 6.45) is 17.1. The molecule has 0 aliphatic rings. The first-order valence-corrected chi connectivity index (χ1v) is 15.1. The topological polar surface area (TPSA) is 67.2 Å². The first-order valence-electron chi connectivity index (χ1n) is 15.1. The van der Waals surface area contributed by atoms with Gasteiger partial charge in [-0.05, 0) is 29.5 Å². The standard InChI is InChI=1S/C33H51N3O2/c1-3-5-6-7-8-9-10-11-12-13-14-21-26-32(37-27-29-22-17-15-18-23-29)33(31(4-2)35-36-34)38-28-30-24-19-16-20-25-30/h15-20,22-25,31-33H,3-14,21,26-28H2,1-2H3. The molecule has 0 amide bonds. The molecule has 3 unspecified atom stereocenters. The van der Waals surface area contributed by atoms with Gasteiger partial charge in [-0.3, -0.25) is 0 Å². The second kappa shape index (κ2) is 21.6. The van der Waals surface area contributed by atoms with Gasteiger partial charge in [0.15, 0.2) is 0 Å². The van der Waals surface area contributed by atoms with Crippen molar-refractivity contribution in [3.05, 3.63) is 82.2 Å². The fourth-order valence-corrected chi connectivity index (χ4v) is 4.99. The minimum Gasteiger partial charge on any atom is -0.371 e. The van der Waals surface area contributed by atoms with Gasteiger partial charge in [0.25, 0.3) is 0 Å². The number of ether oxygens (including phenoxy) is 2. The lowest BCUT2D eigenvalue weighted by Gasteiger charge is -2.31. The maximum Gasteiger partial charge on any atom is 0.0925 e. The number of unbranched alkanes of at least 4 members (excludes halogenated alkanes) is 11. The van der Waals surface area contributed by atoms with Crippen LogP contribution in [0.2, 0.25) is 0 Å². The minimum atomic E-state index is -0.285. The highest BCUT2D eigenvalue weighted by Gasteiger charge is 2.30. The molecular formula is C33H51N3O2. The van der Waals surface area contributed by atoms with Crippen LogP contribution in [0.1, 0.15) is 115 Å². The van der Waals surface area contributed by atoms with E-state index in [4.69, 9.17) is 9.47 Å². The monoisotopic (exact) mass is 521 g/mol. The third-order valence-electron chi connectivity index (χ3n) is 7.30. The summed E-state index contributed by atoms with van der Waals surface area (Å²) in [6, 6.07) is 20.2. The van der Waals surface area contributed by atoms with Crippen molar-refractivity contribution in [3.8, 4) is 0 Å². The molecule has 0 aliphatic heterocycles. The van der Waals surface area contributed by atoms with Gasteiger partial charge in [0.05, 0.1) is 31.5 Å². The van der Waals surface area contributed by atoms with Crippen molar-refractivity contribution in [2.24, 2.45) is 5.11 Å². The fraction of sp³-hybridized carbons (Fsp3) is 0.636. The Morgan fingerprint density at radius 1 is 0.658 bits per heavy atom. The molecule has 0 N–H and O–H groups in total. The van der Waals surface area contributed by atoms with Crippen LogP contribution in [0.5, 0.6) is 0 Å². The number of hydrogen-bond donors (Lipinski definition) is 0. The van der Waals surface area contributed by atoms with Gasteiger partial charge in [-0.2, -0.15) is 0 Å². The smallest absolute Gasteiger partial charge is 0.0925 e. The van der Waals surface area contributed by atoms with Crippen LogP contribution in [0.25, 0.3) is 10.4 Å². The zero-order valence-electron chi connectivity index (χ0n) is 24.0. The number of benzene rings is 2. The van der Waals surface area contributed by atoms with Gasteiger partial charge in [0.2, 0.25) is 0 Å². The van der Waals surface area contributed by atoms with E-state index in [1.54, 1.807) is 0 Å². The van der Waals surface area contributed by atoms with Crippen molar-refractivity contribution in [3.63, 3.8) is 0 Å². The highest BCUT2D eigenvalue weighted by Crippen LogP contribution is 2.24. The summed E-state index contributed by atoms with van der Waals surface area (Å²) in [7, 11) is 0. The summed E-state index contributed by atoms with van der Waals surface area (Å²) in [5.74, 6) is 0. The lowest BCUT2D eigenvalue weighted by Crippen LogP contribution is -2.40. The Balaban J connectivity index is 1.89. The van der Waals surface area contributed by atoms with Crippen LogP contribution in [0.3, 0.4) is 0 Å². The van der Waals surface area contributed by atoms with E-state index in [1.165, 1.54) is 70.6 Å². The molecule has 0 fully saturated rings. The van der Waals surface area contributed by atoms with E-state index in [0.717, 1.165) is 24.0 Å². The van der Waals surface area contributed by atoms with Crippen LogP contribution in [0, 0.1) is 0 Å². The molecule has 0 aliphatic carbocycles. The quantitative estimate of drug-likeness (QED) is 0.0631. The molecule has 2 rings (SSSR count). The molecule has 3 atom stereocenters. The Labute approximate surface area is 232 Å². The van der Waals surface area contributed by atoms with Gasteiger partial charge in [0.1, 0.15) is 0 Å². The first kappa shape index (κ1) is 31.9. The van der Waals surface area contributed by atoms with E-state index in [0.29, 0.717) is 19.6 Å². The van der Waals surface area contributed by atoms with Crippen molar-refractivity contribution in [1.29, 1.82) is 0 Å². The number of azide groups is 1. The number of nitrogens with zero attached hydrogens (tertiary/aromatic N) is 3. The predicted molar refractivity (Wildman–Crippen MR) is 159 cm³/mol. The normalized spacial score (nSPS) is 13.5. The van der Waals surface area contributed by atoms with E-state index in [1.807, 2.05) is 36.4 Å². The molecule has 0 bridgehead atoms. The molecular weight excluding hydrogens is 470 g/mol. The summed E-state index contributed by atoms with van der Waals surface area (Å²) < 4.78 is 13.0. The molecule has 2 aromatic rings. The van der Waals surface area contributed by atoms with Gasteiger partial charge in [-0.15, -0.1) is 0 Å². The van der Waals surface area contributed by atoms with Gasteiger partial charge in [-0.1, -0.05) is 157 Å². The molecule has 210 valence electrons. The number of rotatable bonds is 23. The summed E-state index contributed by atoms with van der Waals surface area (Å²) in [6.45, 7) is 5.34. The summed E-state index contributed by atoms with van der Waals surface area (Å²) in [4.78, 5) is 3.14. The van der Waals surface area contributed by atoms with Crippen LogP contribution in [0.4, 0.5) is 0 Å². The van der Waals surface area contributed by atoms with Crippen molar-refractivity contribution < 1.29 is 9.47 Å². The molecule has 0 radical (unpaired) electrons. The summed E-state index contributed by atoms with van der Waals surface area (Å²) in [5, 5.41) is 4.12. The molecule has 0 saturated carbocycles. The van der Waals surface area contributed by atoms with E-state index < -0.39 is 0 Å². The predicted octanol–water partition coefficient (Wildman–Crippen LogP) is 10.3. The Morgan fingerprint density at radius 3 is 1.61 bits per heavy atom. The van der Waals surface area contributed by atoms with Crippen LogP contribution in [0.15, 0.2) is 65.8 Å². The average Bonchev–Trinajstić information content (AvgIpc) is 2.96. The lowest BCUT2D eigenvalue weighted by atomic mass is 9.97. The fourth-order valence-electron chi connectivity index (χ4n) is 4.99. The number of hydrogen-bond acceptors (Lipinski definition) is 3. The molecule has 38 heavy (non-hydrogen) atoms. The Kier molecular flexibility index (Phi) is 18.1. The highest BCUT2D eigenvalue weighted by molar-refractivity contribution is 5.14. The molecule has 0 aromatic heterocycles. The Hall–Kier alpha value is -2.33. The van der Waals surface area contributed by atoms with Crippen LogP contribution >= 0.6 is 0 Å². The van der Waals surface area contributed by atoms with E-state index >= 15 is 0 Å². The molecule has 5 nitrogen and oxygen atoms in total. The van der Waals surface area contributed by atoms with E-state index in [-0.39, 0.29) is 18.2 Å². The highest BCUT2D eigenvalue weighted by atomic mass is 16.5. The van der Waals surface area contributed by atoms with Gasteiger partial charge < -0.3 is 9.47 Å². The van der Waals surface area contributed by atoms with Crippen molar-refractivity contribution in [2.45, 2.75) is 135 Å². The summed E-state index contributed by atoms with van der Waals surface area (Å²) in [5.41, 5.74) is 11.5. The largest absolute Gasteiger partial charge is 0.371 e. The van der Waals surface area contributed by atoms with E-state index in [2.05, 4.69) is 48.1 Å². The second-order valence-corrected chi connectivity index (χ2v) is 10.5. The SMILES string of the molecule is CCCCCCCCCCCCCCC(OCc1ccccc1)C(OCc1ccccc1)C(CC)N=[N+]=[N-]. The van der Waals surface area contributed by atoms with Gasteiger partial charge >= 0.3 is 0 Å². The first-order chi connectivity index (χ1) is 18.8. The van der Waals surface area contributed by atoms with Crippen molar-refractivity contribution in [1.82, 2.24) is 0 Å². The molecule has 0 heterocycles. The van der Waals surface area contributed by atoms with E-state index in [9.17, 15) is 5.53 Å². The van der Waals surface area contributed by atoms with Gasteiger partial charge in [0, 0.05) is 4.91 Å². The van der Waals surface area contributed by atoms with Gasteiger partial charge in [-0.25, -0.2) is 0 Å². The molecule has 0 saturated heterocycles. The third-order valence-corrected chi connectivity index (χ3v) is 7.30. The zero-order chi connectivity index (χ0) is 27.1. The maximum absolute atomic E-state index is 9.24. The second-order valence-electron chi connectivity index (χ2n) is 10.5. The Bertz CT molecular complexity index is 855. The van der Waals surface area contributed by atoms with Crippen LogP contribution in [-0.4, -0.2) is 18.2 Å². The summed E-state index contributed by atoms with van der Waals surface area (Å²) >= 11 is 0. The minimum absolute atomic E-state index is 0.127. The Morgan fingerprint density at radius 2 is 1.13 bits per heavy atom. The lowest BCUT2D eigenvalue weighted by molar-refractivity contribution is -0.0990. The molecule has 5 heteroatoms. The van der Waals surface area contributed by atoms with Crippen molar-refractivity contribution in [2.75, 3.05) is 0 Å². The average molecular weight is 522 g/mol. The van der Waals surface area contributed by atoms with Crippen LogP contribution < -0.4 is 0 Å². The van der Waals surface area contributed by atoms with Crippen LogP contribution in [-0.2, 0) is 22.7 Å². The molecule has 2 aromatic carbocycles. The zero-order valence-corrected chi connectivity index (χ0v) is 24.0. The molecule has 0 spiro atoms. The third kappa shape index (κ3) is 14.0. The maximum atomic E-state index is 9.24. The van der Waals surface area contributed by atoms with Crippen molar-refractivity contribution >= 4 is 0 Å².